The summed E-state index contributed by atoms with van der Waals surface area (Å²) in [6, 6.07) is 12.7. The highest BCUT2D eigenvalue weighted by Gasteiger charge is 2.32. The third-order valence-electron chi connectivity index (χ3n) is 4.32. The van der Waals surface area contributed by atoms with Crippen molar-refractivity contribution in [2.24, 2.45) is 0 Å². The fraction of sp³-hybridized carbons (Fsp3) is 0.316. The molecule has 0 radical (unpaired) electrons. The van der Waals surface area contributed by atoms with Crippen molar-refractivity contribution in [3.8, 4) is 0 Å². The Balaban J connectivity index is 1.75. The predicted octanol–water partition coefficient (Wildman–Crippen LogP) is 3.06. The number of fused-ring (bicyclic) bond motifs is 1. The highest BCUT2D eigenvalue weighted by atomic mass is 32.2. The average molecular weight is 359 g/mol. The average Bonchev–Trinajstić information content (AvgIpc) is 2.88. The van der Waals surface area contributed by atoms with Gasteiger partial charge in [0.1, 0.15) is 6.61 Å². The van der Waals surface area contributed by atoms with E-state index in [0.717, 1.165) is 16.7 Å². The van der Waals surface area contributed by atoms with Crippen LogP contribution in [0.15, 0.2) is 42.5 Å². The predicted molar refractivity (Wildman–Crippen MR) is 97.2 cm³/mol. The molecule has 2 aromatic carbocycles. The summed E-state index contributed by atoms with van der Waals surface area (Å²) in [6.07, 6.45) is 1.78. The molecule has 1 unspecified atom stereocenters. The molecule has 0 aliphatic carbocycles. The molecule has 0 bridgehead atoms. The van der Waals surface area contributed by atoms with Crippen LogP contribution in [-0.4, -0.2) is 26.7 Å². The second-order valence-corrected chi connectivity index (χ2v) is 8.38. The van der Waals surface area contributed by atoms with Crippen molar-refractivity contribution in [1.29, 1.82) is 0 Å². The molecule has 5 nitrogen and oxygen atoms in total. The van der Waals surface area contributed by atoms with E-state index < -0.39 is 16.0 Å². The van der Waals surface area contributed by atoms with Crippen molar-refractivity contribution in [1.82, 2.24) is 0 Å². The first-order valence-corrected chi connectivity index (χ1v) is 9.95. The molecule has 0 spiro atoms. The Morgan fingerprint density at radius 2 is 1.88 bits per heavy atom. The molecule has 1 aliphatic heterocycles. The monoisotopic (exact) mass is 359 g/mol. The van der Waals surface area contributed by atoms with Crippen molar-refractivity contribution < 1.29 is 17.9 Å². The van der Waals surface area contributed by atoms with Crippen LogP contribution < -0.4 is 4.31 Å². The minimum absolute atomic E-state index is 0.149. The summed E-state index contributed by atoms with van der Waals surface area (Å²) in [4.78, 5) is 12.3. The molecule has 0 amide bonds. The number of ether oxygens (including phenoxy) is 1. The van der Waals surface area contributed by atoms with Crippen LogP contribution in [0, 0.1) is 6.92 Å². The lowest BCUT2D eigenvalue weighted by Gasteiger charge is -2.21. The largest absolute Gasteiger partial charge is 0.457 e. The Labute approximate surface area is 148 Å². The molecule has 132 valence electrons. The van der Waals surface area contributed by atoms with E-state index in [1.54, 1.807) is 18.2 Å². The van der Waals surface area contributed by atoms with Gasteiger partial charge < -0.3 is 4.74 Å². The molecule has 0 saturated carbocycles. The first-order chi connectivity index (χ1) is 11.8. The number of sulfonamides is 1. The van der Waals surface area contributed by atoms with Crippen LogP contribution in [0.5, 0.6) is 0 Å². The third-order valence-corrected chi connectivity index (χ3v) is 5.59. The molecule has 3 rings (SSSR count). The van der Waals surface area contributed by atoms with Gasteiger partial charge in [-0.3, -0.25) is 4.31 Å². The lowest BCUT2D eigenvalue weighted by Crippen LogP contribution is -2.34. The van der Waals surface area contributed by atoms with Crippen LogP contribution in [-0.2, 0) is 27.8 Å². The van der Waals surface area contributed by atoms with Gasteiger partial charge in [0.25, 0.3) is 0 Å². The highest BCUT2D eigenvalue weighted by Crippen LogP contribution is 2.34. The van der Waals surface area contributed by atoms with Crippen LogP contribution >= 0.6 is 0 Å². The number of hydrogen-bond donors (Lipinski definition) is 0. The van der Waals surface area contributed by atoms with E-state index >= 15 is 0 Å². The fourth-order valence-electron chi connectivity index (χ4n) is 3.15. The zero-order valence-corrected chi connectivity index (χ0v) is 15.3. The zero-order chi connectivity index (χ0) is 18.2. The number of carbonyl (C=O) groups is 1. The molecule has 0 fully saturated rings. The number of nitrogens with zero attached hydrogens (tertiary/aromatic N) is 1. The van der Waals surface area contributed by atoms with Gasteiger partial charge in [-0.25, -0.2) is 13.2 Å². The summed E-state index contributed by atoms with van der Waals surface area (Å²) in [5, 5.41) is 0. The standard InChI is InChI=1S/C19H21NO4S/c1-13-4-6-15(7-5-13)12-24-19(21)16-8-9-18-17(11-16)10-14(2)20(18)25(3,22)23/h4-9,11,14H,10,12H2,1-3H3. The maximum atomic E-state index is 12.3. The number of hydrogen-bond acceptors (Lipinski definition) is 4. The van der Waals surface area contributed by atoms with Crippen LogP contribution in [0.25, 0.3) is 0 Å². The summed E-state index contributed by atoms with van der Waals surface area (Å²) >= 11 is 0. The molecule has 1 heterocycles. The van der Waals surface area contributed by atoms with Gasteiger partial charge in [0.2, 0.25) is 10.0 Å². The van der Waals surface area contributed by atoms with E-state index in [2.05, 4.69) is 0 Å². The summed E-state index contributed by atoms with van der Waals surface area (Å²) < 4.78 is 30.7. The Hall–Kier alpha value is -2.34. The van der Waals surface area contributed by atoms with E-state index in [1.807, 2.05) is 38.1 Å². The molecule has 1 atom stereocenters. The van der Waals surface area contributed by atoms with Crippen LogP contribution in [0.4, 0.5) is 5.69 Å². The number of anilines is 1. The Morgan fingerprint density at radius 3 is 2.52 bits per heavy atom. The molecular formula is C19H21NO4S. The van der Waals surface area contributed by atoms with Crippen LogP contribution in [0.3, 0.4) is 0 Å². The minimum atomic E-state index is -3.33. The maximum absolute atomic E-state index is 12.3. The third kappa shape index (κ3) is 3.69. The van der Waals surface area contributed by atoms with E-state index in [0.29, 0.717) is 17.7 Å². The second kappa shape index (κ2) is 6.52. The maximum Gasteiger partial charge on any atom is 0.338 e. The van der Waals surface area contributed by atoms with Gasteiger partial charge in [-0.2, -0.15) is 0 Å². The summed E-state index contributed by atoms with van der Waals surface area (Å²) in [5.41, 5.74) is 4.01. The first-order valence-electron chi connectivity index (χ1n) is 8.10. The van der Waals surface area contributed by atoms with Gasteiger partial charge in [-0.15, -0.1) is 0 Å². The number of esters is 1. The number of aryl methyl sites for hydroxylation is 1. The van der Waals surface area contributed by atoms with Crippen molar-refractivity contribution in [3.05, 3.63) is 64.7 Å². The van der Waals surface area contributed by atoms with Crippen molar-refractivity contribution >= 4 is 21.7 Å². The smallest absolute Gasteiger partial charge is 0.338 e. The number of benzene rings is 2. The van der Waals surface area contributed by atoms with Crippen molar-refractivity contribution in [3.63, 3.8) is 0 Å². The summed E-state index contributed by atoms with van der Waals surface area (Å²) in [6.45, 7) is 4.07. The van der Waals surface area contributed by atoms with Crippen LogP contribution in [0.2, 0.25) is 0 Å². The van der Waals surface area contributed by atoms with Gasteiger partial charge in [-0.1, -0.05) is 29.8 Å². The van der Waals surface area contributed by atoms with Crippen LogP contribution in [0.1, 0.15) is 34.0 Å². The number of carbonyl (C=O) groups excluding carboxylic acids is 1. The SMILES string of the molecule is Cc1ccc(COC(=O)c2ccc3c(c2)CC(C)N3S(C)(=O)=O)cc1. The molecule has 1 aliphatic rings. The lowest BCUT2D eigenvalue weighted by atomic mass is 10.1. The first kappa shape index (κ1) is 17.5. The Bertz CT molecular complexity index is 904. The molecular weight excluding hydrogens is 338 g/mol. The van der Waals surface area contributed by atoms with Gasteiger partial charge in [0, 0.05) is 6.04 Å². The molecule has 0 N–H and O–H groups in total. The van der Waals surface area contributed by atoms with Gasteiger partial charge in [0.05, 0.1) is 17.5 Å². The topological polar surface area (TPSA) is 63.7 Å². The zero-order valence-electron chi connectivity index (χ0n) is 14.5. The van der Waals surface area contributed by atoms with Crippen molar-refractivity contribution in [2.75, 3.05) is 10.6 Å². The van der Waals surface area contributed by atoms with Gasteiger partial charge in [0.15, 0.2) is 0 Å². The minimum Gasteiger partial charge on any atom is -0.457 e. The normalized spacial score (nSPS) is 16.6. The van der Waals surface area contributed by atoms with Gasteiger partial charge in [-0.05, 0) is 49.6 Å². The van der Waals surface area contributed by atoms with Gasteiger partial charge >= 0.3 is 5.97 Å². The molecule has 6 heteroatoms. The second-order valence-electron chi connectivity index (χ2n) is 6.52. The molecule has 25 heavy (non-hydrogen) atoms. The van der Waals surface area contributed by atoms with E-state index in [1.165, 1.54) is 10.6 Å². The van der Waals surface area contributed by atoms with E-state index in [9.17, 15) is 13.2 Å². The fourth-order valence-corrected chi connectivity index (χ4v) is 4.42. The molecule has 2 aromatic rings. The Morgan fingerprint density at radius 1 is 1.20 bits per heavy atom. The van der Waals surface area contributed by atoms with E-state index in [4.69, 9.17) is 4.74 Å². The summed E-state index contributed by atoms with van der Waals surface area (Å²) in [5.74, 6) is -0.408. The quantitative estimate of drug-likeness (QED) is 0.787. The van der Waals surface area contributed by atoms with Crippen molar-refractivity contribution in [2.45, 2.75) is 32.9 Å². The highest BCUT2D eigenvalue weighted by molar-refractivity contribution is 7.92. The van der Waals surface area contributed by atoms with E-state index in [-0.39, 0.29) is 12.6 Å². The number of rotatable bonds is 4. The summed E-state index contributed by atoms with van der Waals surface area (Å²) in [7, 11) is -3.33. The lowest BCUT2D eigenvalue weighted by molar-refractivity contribution is 0.0472. The molecule has 0 saturated heterocycles. The molecule has 0 aromatic heterocycles. The Kier molecular flexibility index (Phi) is 4.56.